The molecule has 0 fully saturated rings. The molecule has 0 saturated carbocycles. The van der Waals surface area contributed by atoms with Gasteiger partial charge in [-0.3, -0.25) is 0 Å². The zero-order valence-electron chi connectivity index (χ0n) is 11.0. The molecular weight excluding hydrogens is 272 g/mol. The number of hydrogen-bond acceptors (Lipinski definition) is 3. The number of hydrogen-bond donors (Lipinski definition) is 0. The smallest absolute Gasteiger partial charge is 0.225 e. The van der Waals surface area contributed by atoms with Crippen LogP contribution in [0.5, 0.6) is 5.88 Å². The molecule has 20 heavy (non-hydrogen) atoms. The van der Waals surface area contributed by atoms with E-state index in [1.807, 2.05) is 55.5 Å². The average molecular weight is 285 g/mol. The van der Waals surface area contributed by atoms with Gasteiger partial charge in [0, 0.05) is 10.6 Å². The van der Waals surface area contributed by atoms with E-state index in [1.165, 1.54) is 6.33 Å². The van der Waals surface area contributed by atoms with Gasteiger partial charge in [-0.25, -0.2) is 9.97 Å². The van der Waals surface area contributed by atoms with Crippen LogP contribution in [0.3, 0.4) is 0 Å². The van der Waals surface area contributed by atoms with Gasteiger partial charge in [-0.15, -0.1) is 0 Å². The van der Waals surface area contributed by atoms with Crippen LogP contribution in [0.15, 0.2) is 54.9 Å². The van der Waals surface area contributed by atoms with Crippen LogP contribution in [0.1, 0.15) is 18.6 Å². The van der Waals surface area contributed by atoms with Crippen LogP contribution in [-0.4, -0.2) is 9.97 Å². The number of para-hydroxylation sites is 1. The Labute approximate surface area is 122 Å². The van der Waals surface area contributed by atoms with Crippen LogP contribution in [-0.2, 0) is 0 Å². The van der Waals surface area contributed by atoms with Crippen LogP contribution >= 0.6 is 11.6 Å². The van der Waals surface area contributed by atoms with Crippen molar-refractivity contribution in [2.75, 3.05) is 0 Å². The van der Waals surface area contributed by atoms with Crippen LogP contribution in [0.2, 0.25) is 5.02 Å². The summed E-state index contributed by atoms with van der Waals surface area (Å²) in [6, 6.07) is 15.4. The van der Waals surface area contributed by atoms with Crippen molar-refractivity contribution < 1.29 is 4.74 Å². The third-order valence-corrected chi connectivity index (χ3v) is 3.48. The topological polar surface area (TPSA) is 35.0 Å². The second kappa shape index (κ2) is 5.47. The summed E-state index contributed by atoms with van der Waals surface area (Å²) in [5, 5.41) is 1.59. The summed E-state index contributed by atoms with van der Waals surface area (Å²) in [4.78, 5) is 8.45. The van der Waals surface area contributed by atoms with Gasteiger partial charge in [0.2, 0.25) is 5.88 Å². The maximum Gasteiger partial charge on any atom is 0.225 e. The maximum absolute atomic E-state index is 6.19. The van der Waals surface area contributed by atoms with Crippen molar-refractivity contribution in [3.05, 3.63) is 65.4 Å². The van der Waals surface area contributed by atoms with Crippen molar-refractivity contribution in [1.82, 2.24) is 9.97 Å². The number of ether oxygens (including phenoxy) is 1. The first-order valence-corrected chi connectivity index (χ1v) is 6.74. The number of fused-ring (bicyclic) bond motifs is 1. The Morgan fingerprint density at radius 2 is 1.75 bits per heavy atom. The van der Waals surface area contributed by atoms with Crippen molar-refractivity contribution in [3.63, 3.8) is 0 Å². The van der Waals surface area contributed by atoms with Crippen molar-refractivity contribution in [2.24, 2.45) is 0 Å². The minimum atomic E-state index is -0.179. The van der Waals surface area contributed by atoms with Gasteiger partial charge in [-0.05, 0) is 25.1 Å². The van der Waals surface area contributed by atoms with Gasteiger partial charge in [0.25, 0.3) is 0 Å². The fraction of sp³-hybridized carbons (Fsp3) is 0.125. The van der Waals surface area contributed by atoms with Crippen LogP contribution < -0.4 is 4.74 Å². The summed E-state index contributed by atoms with van der Waals surface area (Å²) in [6.45, 7) is 1.96. The van der Waals surface area contributed by atoms with Crippen molar-refractivity contribution in [1.29, 1.82) is 0 Å². The molecule has 0 saturated heterocycles. The van der Waals surface area contributed by atoms with E-state index in [-0.39, 0.29) is 6.10 Å². The molecule has 0 spiro atoms. The SMILES string of the molecule is C[C@H](Oc1ncnc2ccccc12)c1ccccc1Cl. The minimum Gasteiger partial charge on any atom is -0.469 e. The molecule has 3 nitrogen and oxygen atoms in total. The molecule has 0 radical (unpaired) electrons. The lowest BCUT2D eigenvalue weighted by Gasteiger charge is -2.16. The molecule has 2 aromatic carbocycles. The first kappa shape index (κ1) is 12.9. The molecule has 0 unspecified atom stereocenters. The van der Waals surface area contributed by atoms with E-state index in [1.54, 1.807) is 0 Å². The molecule has 0 aliphatic carbocycles. The molecular formula is C16H13ClN2O. The van der Waals surface area contributed by atoms with Gasteiger partial charge in [-0.2, -0.15) is 0 Å². The highest BCUT2D eigenvalue weighted by Crippen LogP contribution is 2.29. The first-order chi connectivity index (χ1) is 9.75. The molecule has 3 rings (SSSR count). The fourth-order valence-electron chi connectivity index (χ4n) is 2.11. The van der Waals surface area contributed by atoms with E-state index in [2.05, 4.69) is 9.97 Å². The highest BCUT2D eigenvalue weighted by Gasteiger charge is 2.13. The van der Waals surface area contributed by atoms with E-state index in [9.17, 15) is 0 Å². The maximum atomic E-state index is 6.19. The Bertz CT molecular complexity index is 740. The van der Waals surface area contributed by atoms with Crippen molar-refractivity contribution >= 4 is 22.5 Å². The summed E-state index contributed by atoms with van der Waals surface area (Å²) in [5.41, 5.74) is 1.81. The molecule has 1 aromatic heterocycles. The minimum absolute atomic E-state index is 0.179. The zero-order chi connectivity index (χ0) is 13.9. The van der Waals surface area contributed by atoms with Gasteiger partial charge < -0.3 is 4.74 Å². The van der Waals surface area contributed by atoms with Crippen LogP contribution in [0.25, 0.3) is 10.9 Å². The van der Waals surface area contributed by atoms with Gasteiger partial charge in [0.15, 0.2) is 0 Å². The predicted molar refractivity (Wildman–Crippen MR) is 80.0 cm³/mol. The lowest BCUT2D eigenvalue weighted by molar-refractivity contribution is 0.220. The highest BCUT2D eigenvalue weighted by molar-refractivity contribution is 6.31. The van der Waals surface area contributed by atoms with E-state index in [4.69, 9.17) is 16.3 Å². The van der Waals surface area contributed by atoms with Gasteiger partial charge in [0.05, 0.1) is 10.9 Å². The van der Waals surface area contributed by atoms with E-state index in [0.29, 0.717) is 10.9 Å². The van der Waals surface area contributed by atoms with Gasteiger partial charge in [0.1, 0.15) is 12.4 Å². The van der Waals surface area contributed by atoms with Crippen molar-refractivity contribution in [2.45, 2.75) is 13.0 Å². The summed E-state index contributed by atoms with van der Waals surface area (Å²) >= 11 is 6.19. The number of halogens is 1. The predicted octanol–water partition coefficient (Wildman–Crippen LogP) is 4.42. The average Bonchev–Trinajstić information content (AvgIpc) is 2.48. The second-order valence-electron chi connectivity index (χ2n) is 4.48. The van der Waals surface area contributed by atoms with Crippen LogP contribution in [0.4, 0.5) is 0 Å². The lowest BCUT2D eigenvalue weighted by atomic mass is 10.1. The molecule has 0 bridgehead atoms. The number of benzene rings is 2. The normalized spacial score (nSPS) is 12.3. The lowest BCUT2D eigenvalue weighted by Crippen LogP contribution is -2.05. The molecule has 100 valence electrons. The molecule has 0 N–H and O–H groups in total. The summed E-state index contributed by atoms with van der Waals surface area (Å²) in [6.07, 6.45) is 1.33. The van der Waals surface area contributed by atoms with E-state index >= 15 is 0 Å². The molecule has 1 heterocycles. The third-order valence-electron chi connectivity index (χ3n) is 3.14. The molecule has 3 aromatic rings. The molecule has 0 aliphatic heterocycles. The quantitative estimate of drug-likeness (QED) is 0.714. The Kier molecular flexibility index (Phi) is 3.52. The molecule has 0 aliphatic rings. The third kappa shape index (κ3) is 2.45. The molecule has 4 heteroatoms. The van der Waals surface area contributed by atoms with Gasteiger partial charge in [-0.1, -0.05) is 41.9 Å². The zero-order valence-corrected chi connectivity index (χ0v) is 11.7. The van der Waals surface area contributed by atoms with Gasteiger partial charge >= 0.3 is 0 Å². The monoisotopic (exact) mass is 284 g/mol. The Morgan fingerprint density at radius 3 is 2.60 bits per heavy atom. The summed E-state index contributed by atoms with van der Waals surface area (Å²) in [5.74, 6) is 0.572. The number of nitrogens with zero attached hydrogens (tertiary/aromatic N) is 2. The Hall–Kier alpha value is -2.13. The number of aromatic nitrogens is 2. The Balaban J connectivity index is 1.96. The first-order valence-electron chi connectivity index (χ1n) is 6.36. The molecule has 0 amide bonds. The number of rotatable bonds is 3. The largest absolute Gasteiger partial charge is 0.469 e. The highest BCUT2D eigenvalue weighted by atomic mass is 35.5. The Morgan fingerprint density at radius 1 is 1.00 bits per heavy atom. The van der Waals surface area contributed by atoms with Crippen molar-refractivity contribution in [3.8, 4) is 5.88 Å². The summed E-state index contributed by atoms with van der Waals surface area (Å²) in [7, 11) is 0. The van der Waals surface area contributed by atoms with E-state index < -0.39 is 0 Å². The van der Waals surface area contributed by atoms with E-state index in [0.717, 1.165) is 16.5 Å². The molecule has 1 atom stereocenters. The fourth-order valence-corrected chi connectivity index (χ4v) is 2.40. The standard InChI is InChI=1S/C16H13ClN2O/c1-11(12-6-2-4-8-14(12)17)20-16-13-7-3-5-9-15(13)18-10-19-16/h2-11H,1H3/t11-/m0/s1. The second-order valence-corrected chi connectivity index (χ2v) is 4.88. The summed E-state index contributed by atoms with van der Waals surface area (Å²) < 4.78 is 5.96. The van der Waals surface area contributed by atoms with Crippen LogP contribution in [0, 0.1) is 0 Å².